The summed E-state index contributed by atoms with van der Waals surface area (Å²) in [7, 11) is 0. The van der Waals surface area contributed by atoms with Crippen molar-refractivity contribution in [1.29, 1.82) is 0 Å². The molecule has 0 aromatic heterocycles. The lowest BCUT2D eigenvalue weighted by Crippen LogP contribution is -2.43. The minimum absolute atomic E-state index is 0.134. The van der Waals surface area contributed by atoms with E-state index in [2.05, 4.69) is 10.6 Å². The van der Waals surface area contributed by atoms with Crippen LogP contribution in [0.15, 0.2) is 48.5 Å². The van der Waals surface area contributed by atoms with Gasteiger partial charge in [-0.05, 0) is 60.9 Å². The smallest absolute Gasteiger partial charge is 0.248 e. The van der Waals surface area contributed by atoms with Crippen molar-refractivity contribution in [2.24, 2.45) is 0 Å². The molecule has 1 aliphatic heterocycles. The van der Waals surface area contributed by atoms with Gasteiger partial charge in [-0.2, -0.15) is 0 Å². The van der Waals surface area contributed by atoms with Crippen molar-refractivity contribution < 1.29 is 14.4 Å². The zero-order valence-electron chi connectivity index (χ0n) is 17.3. The Balaban J connectivity index is 1.63. The average Bonchev–Trinajstić information content (AvgIpc) is 3.20. The van der Waals surface area contributed by atoms with E-state index in [4.69, 9.17) is 0 Å². The summed E-state index contributed by atoms with van der Waals surface area (Å²) < 4.78 is 0. The molecule has 0 saturated carbocycles. The van der Waals surface area contributed by atoms with Gasteiger partial charge in [0.25, 0.3) is 0 Å². The van der Waals surface area contributed by atoms with E-state index < -0.39 is 6.04 Å². The van der Waals surface area contributed by atoms with Crippen LogP contribution in [0.1, 0.15) is 23.6 Å². The first-order valence-corrected chi connectivity index (χ1v) is 10.8. The van der Waals surface area contributed by atoms with Gasteiger partial charge < -0.3 is 15.5 Å². The van der Waals surface area contributed by atoms with Crippen LogP contribution in [0.25, 0.3) is 6.08 Å². The molecule has 0 bridgehead atoms. The monoisotopic (exact) mass is 423 g/mol. The molecule has 1 unspecified atom stereocenters. The second kappa shape index (κ2) is 9.63. The highest BCUT2D eigenvalue weighted by Crippen LogP contribution is 2.23. The number of benzene rings is 2. The maximum Gasteiger partial charge on any atom is 0.248 e. The Morgan fingerprint density at radius 2 is 1.70 bits per heavy atom. The van der Waals surface area contributed by atoms with Gasteiger partial charge in [0.2, 0.25) is 17.7 Å². The Morgan fingerprint density at radius 1 is 1.00 bits per heavy atom. The van der Waals surface area contributed by atoms with E-state index in [1.165, 1.54) is 13.0 Å². The van der Waals surface area contributed by atoms with Crippen LogP contribution in [0.2, 0.25) is 0 Å². The molecular weight excluding hydrogens is 398 g/mol. The molecule has 2 aromatic carbocycles. The Morgan fingerprint density at radius 3 is 2.37 bits per heavy atom. The Kier molecular flexibility index (Phi) is 6.95. The van der Waals surface area contributed by atoms with E-state index >= 15 is 0 Å². The van der Waals surface area contributed by atoms with Crippen LogP contribution in [0, 0.1) is 13.8 Å². The number of aryl methyl sites for hydroxylation is 2. The molecule has 1 atom stereocenters. The van der Waals surface area contributed by atoms with Crippen LogP contribution in [-0.4, -0.2) is 40.3 Å². The van der Waals surface area contributed by atoms with Crippen LogP contribution in [0.4, 0.5) is 11.4 Å². The van der Waals surface area contributed by atoms with E-state index in [-0.39, 0.29) is 17.7 Å². The molecule has 3 rings (SSSR count). The number of hydrogen-bond acceptors (Lipinski definition) is 4. The second-order valence-electron chi connectivity index (χ2n) is 7.25. The summed E-state index contributed by atoms with van der Waals surface area (Å²) in [4.78, 5) is 38.1. The standard InChI is InChI=1S/C23H25N3O3S/c1-15-4-8-20(12-16(15)2)25-23(29)21-13-30-14-26(21)22(28)11-7-18-5-9-19(10-6-18)24-17(3)27/h4-12,21H,13-14H2,1-3H3,(H,24,27)(H,25,29)/b11-7+. The van der Waals surface area contributed by atoms with Crippen LogP contribution in [0.3, 0.4) is 0 Å². The number of nitrogens with one attached hydrogen (secondary N) is 2. The van der Waals surface area contributed by atoms with Crippen molar-refractivity contribution in [3.8, 4) is 0 Å². The van der Waals surface area contributed by atoms with E-state index in [0.717, 1.165) is 22.4 Å². The summed E-state index contributed by atoms with van der Waals surface area (Å²) >= 11 is 1.56. The van der Waals surface area contributed by atoms with Gasteiger partial charge in [0.15, 0.2) is 0 Å². The quantitative estimate of drug-likeness (QED) is 0.717. The molecule has 0 aliphatic carbocycles. The Labute approximate surface area is 180 Å². The SMILES string of the molecule is CC(=O)Nc1ccc(/C=C/C(=O)N2CSCC2C(=O)Nc2ccc(C)c(C)c2)cc1. The van der Waals surface area contributed by atoms with E-state index in [1.54, 1.807) is 34.9 Å². The summed E-state index contributed by atoms with van der Waals surface area (Å²) in [6, 6.07) is 12.5. The normalized spacial score (nSPS) is 16.0. The predicted molar refractivity (Wildman–Crippen MR) is 122 cm³/mol. The lowest BCUT2D eigenvalue weighted by molar-refractivity contribution is -0.132. The fourth-order valence-electron chi connectivity index (χ4n) is 3.07. The largest absolute Gasteiger partial charge is 0.326 e. The maximum absolute atomic E-state index is 12.7. The van der Waals surface area contributed by atoms with Gasteiger partial charge in [-0.25, -0.2) is 0 Å². The van der Waals surface area contributed by atoms with Gasteiger partial charge in [-0.15, -0.1) is 11.8 Å². The molecule has 1 heterocycles. The van der Waals surface area contributed by atoms with Crippen molar-refractivity contribution in [2.45, 2.75) is 26.8 Å². The molecule has 1 fully saturated rings. The Bertz CT molecular complexity index is 986. The molecule has 3 amide bonds. The first-order valence-electron chi connectivity index (χ1n) is 9.65. The number of thioether (sulfide) groups is 1. The zero-order valence-corrected chi connectivity index (χ0v) is 18.1. The number of rotatable bonds is 5. The lowest BCUT2D eigenvalue weighted by atomic mass is 10.1. The van der Waals surface area contributed by atoms with Gasteiger partial charge in [0.05, 0.1) is 5.88 Å². The molecule has 2 N–H and O–H groups in total. The molecule has 2 aromatic rings. The molecule has 1 aliphatic rings. The molecular formula is C23H25N3O3S. The number of anilines is 2. The predicted octanol–water partition coefficient (Wildman–Crippen LogP) is 3.82. The molecule has 6 nitrogen and oxygen atoms in total. The highest BCUT2D eigenvalue weighted by Gasteiger charge is 2.33. The summed E-state index contributed by atoms with van der Waals surface area (Å²) in [5.74, 6) is 0.540. The molecule has 0 spiro atoms. The van der Waals surface area contributed by atoms with Crippen LogP contribution in [-0.2, 0) is 14.4 Å². The topological polar surface area (TPSA) is 78.5 Å². The highest BCUT2D eigenvalue weighted by atomic mass is 32.2. The van der Waals surface area contributed by atoms with E-state index in [0.29, 0.717) is 17.3 Å². The third-order valence-corrected chi connectivity index (χ3v) is 5.90. The number of hydrogen-bond donors (Lipinski definition) is 2. The zero-order chi connectivity index (χ0) is 21.7. The summed E-state index contributed by atoms with van der Waals surface area (Å²) in [6.07, 6.45) is 3.19. The van der Waals surface area contributed by atoms with Crippen molar-refractivity contribution >= 4 is 46.9 Å². The van der Waals surface area contributed by atoms with Gasteiger partial charge in [0.1, 0.15) is 6.04 Å². The number of carbonyl (C=O) groups is 3. The van der Waals surface area contributed by atoms with Gasteiger partial charge >= 0.3 is 0 Å². The second-order valence-corrected chi connectivity index (χ2v) is 8.25. The number of amides is 3. The fraction of sp³-hybridized carbons (Fsp3) is 0.261. The molecule has 30 heavy (non-hydrogen) atoms. The molecule has 156 valence electrons. The summed E-state index contributed by atoms with van der Waals surface area (Å²) in [5, 5.41) is 5.63. The van der Waals surface area contributed by atoms with Crippen molar-refractivity contribution in [3.63, 3.8) is 0 Å². The van der Waals surface area contributed by atoms with Gasteiger partial charge in [-0.1, -0.05) is 18.2 Å². The van der Waals surface area contributed by atoms with Crippen molar-refractivity contribution in [1.82, 2.24) is 4.90 Å². The first kappa shape index (κ1) is 21.6. The molecule has 0 radical (unpaired) electrons. The van der Waals surface area contributed by atoms with E-state index in [9.17, 15) is 14.4 Å². The van der Waals surface area contributed by atoms with Crippen LogP contribution in [0.5, 0.6) is 0 Å². The third-order valence-electron chi connectivity index (χ3n) is 4.89. The minimum atomic E-state index is -0.504. The number of carbonyl (C=O) groups excluding carboxylic acids is 3. The van der Waals surface area contributed by atoms with Gasteiger partial charge in [0, 0.05) is 30.1 Å². The highest BCUT2D eigenvalue weighted by molar-refractivity contribution is 7.99. The lowest BCUT2D eigenvalue weighted by Gasteiger charge is -2.22. The molecule has 1 saturated heterocycles. The van der Waals surface area contributed by atoms with E-state index in [1.807, 2.05) is 44.2 Å². The Hall–Kier alpha value is -3.06. The fourth-order valence-corrected chi connectivity index (χ4v) is 4.23. The maximum atomic E-state index is 12.7. The number of nitrogens with zero attached hydrogens (tertiary/aromatic N) is 1. The minimum Gasteiger partial charge on any atom is -0.326 e. The molecule has 7 heteroatoms. The first-order chi connectivity index (χ1) is 14.3. The van der Waals surface area contributed by atoms with Crippen molar-refractivity contribution in [2.75, 3.05) is 22.3 Å². The third kappa shape index (κ3) is 5.51. The average molecular weight is 424 g/mol. The van der Waals surface area contributed by atoms with Crippen LogP contribution >= 0.6 is 11.8 Å². The summed E-state index contributed by atoms with van der Waals surface area (Å²) in [6.45, 7) is 5.47. The van der Waals surface area contributed by atoms with Crippen molar-refractivity contribution in [3.05, 3.63) is 65.2 Å². The van der Waals surface area contributed by atoms with Gasteiger partial charge in [-0.3, -0.25) is 14.4 Å². The summed E-state index contributed by atoms with van der Waals surface area (Å²) in [5.41, 5.74) is 4.54. The van der Waals surface area contributed by atoms with Crippen LogP contribution < -0.4 is 10.6 Å².